The minimum absolute atomic E-state index is 0.0106. The van der Waals surface area contributed by atoms with Gasteiger partial charge in [0.05, 0.1) is 6.04 Å². The van der Waals surface area contributed by atoms with Crippen LogP contribution in [0, 0.1) is 5.92 Å². The molecule has 0 aromatic carbocycles. The van der Waals surface area contributed by atoms with E-state index in [4.69, 9.17) is 10.8 Å². The number of aliphatic hydroxyl groups excluding tert-OH is 1. The van der Waals surface area contributed by atoms with Gasteiger partial charge >= 0.3 is 0 Å². The summed E-state index contributed by atoms with van der Waals surface area (Å²) in [6, 6.07) is 0.121. The highest BCUT2D eigenvalue weighted by molar-refractivity contribution is 5.85. The maximum atomic E-state index is 11.9. The van der Waals surface area contributed by atoms with E-state index in [9.17, 15) is 4.79 Å². The molecule has 0 aliphatic rings. The number of nitrogens with one attached hydrogen (secondary N) is 1. The SMILES string of the molecule is CCC(C)NC(CCC(N)O)C(=O)C(C)C. The predicted molar refractivity (Wildman–Crippen MR) is 65.9 cm³/mol. The summed E-state index contributed by atoms with van der Waals surface area (Å²) < 4.78 is 0. The second-order valence-electron chi connectivity index (χ2n) is 4.73. The highest BCUT2D eigenvalue weighted by Crippen LogP contribution is 2.08. The first-order valence-corrected chi connectivity index (χ1v) is 6.11. The second-order valence-corrected chi connectivity index (χ2v) is 4.73. The third kappa shape index (κ3) is 6.20. The van der Waals surface area contributed by atoms with Gasteiger partial charge in [0.25, 0.3) is 0 Å². The molecule has 0 rings (SSSR count). The number of ketones is 1. The lowest BCUT2D eigenvalue weighted by atomic mass is 9.96. The molecule has 0 heterocycles. The average Bonchev–Trinajstić information content (AvgIpc) is 2.22. The van der Waals surface area contributed by atoms with E-state index < -0.39 is 6.23 Å². The van der Waals surface area contributed by atoms with Gasteiger partial charge in [-0.25, -0.2) is 0 Å². The van der Waals surface area contributed by atoms with E-state index in [0.717, 1.165) is 6.42 Å². The van der Waals surface area contributed by atoms with Crippen molar-refractivity contribution < 1.29 is 9.90 Å². The fourth-order valence-corrected chi connectivity index (χ4v) is 1.51. The predicted octanol–water partition coefficient (Wildman–Crippen LogP) is 1.03. The molecule has 0 aliphatic carbocycles. The lowest BCUT2D eigenvalue weighted by molar-refractivity contribution is -0.124. The smallest absolute Gasteiger partial charge is 0.152 e. The van der Waals surface area contributed by atoms with Crippen LogP contribution >= 0.6 is 0 Å². The molecule has 0 amide bonds. The van der Waals surface area contributed by atoms with Crippen LogP contribution in [0.3, 0.4) is 0 Å². The number of carbonyl (C=O) groups is 1. The molecule has 4 heteroatoms. The van der Waals surface area contributed by atoms with E-state index in [2.05, 4.69) is 19.2 Å². The fraction of sp³-hybridized carbons (Fsp3) is 0.917. The molecule has 0 spiro atoms. The Morgan fingerprint density at radius 3 is 2.25 bits per heavy atom. The normalized spacial score (nSPS) is 17.2. The van der Waals surface area contributed by atoms with Crippen molar-refractivity contribution in [3.63, 3.8) is 0 Å². The average molecular weight is 230 g/mol. The van der Waals surface area contributed by atoms with Crippen LogP contribution < -0.4 is 11.1 Å². The molecule has 0 bridgehead atoms. The van der Waals surface area contributed by atoms with Gasteiger partial charge in [-0.2, -0.15) is 0 Å². The van der Waals surface area contributed by atoms with Gasteiger partial charge in [0.1, 0.15) is 6.23 Å². The molecule has 4 nitrogen and oxygen atoms in total. The number of rotatable bonds is 8. The number of hydrogen-bond donors (Lipinski definition) is 3. The van der Waals surface area contributed by atoms with Crippen molar-refractivity contribution in [2.45, 2.75) is 65.3 Å². The number of carbonyl (C=O) groups excluding carboxylic acids is 1. The Hall–Kier alpha value is -0.450. The lowest BCUT2D eigenvalue weighted by Crippen LogP contribution is -2.44. The Balaban J connectivity index is 4.32. The molecule has 16 heavy (non-hydrogen) atoms. The molecule has 3 unspecified atom stereocenters. The summed E-state index contributed by atoms with van der Waals surface area (Å²) in [5.74, 6) is 0.206. The number of hydrogen-bond acceptors (Lipinski definition) is 4. The number of Topliss-reactive ketones (excluding diaryl/α,β-unsaturated/α-hetero) is 1. The van der Waals surface area contributed by atoms with Crippen LogP contribution in [0.4, 0.5) is 0 Å². The van der Waals surface area contributed by atoms with E-state index in [1.807, 2.05) is 13.8 Å². The minimum atomic E-state index is -0.832. The summed E-state index contributed by atoms with van der Waals surface area (Å²) in [5.41, 5.74) is 5.30. The zero-order chi connectivity index (χ0) is 12.7. The summed E-state index contributed by atoms with van der Waals surface area (Å²) in [7, 11) is 0. The molecule has 0 aliphatic heterocycles. The van der Waals surface area contributed by atoms with E-state index >= 15 is 0 Å². The van der Waals surface area contributed by atoms with Crippen molar-refractivity contribution in [1.82, 2.24) is 5.32 Å². The van der Waals surface area contributed by atoms with Crippen LogP contribution in [0.1, 0.15) is 47.0 Å². The van der Waals surface area contributed by atoms with Gasteiger partial charge in [-0.1, -0.05) is 20.8 Å². The molecular formula is C12H26N2O2. The summed E-state index contributed by atoms with van der Waals surface area (Å²) >= 11 is 0. The largest absolute Gasteiger partial charge is 0.379 e. The summed E-state index contributed by atoms with van der Waals surface area (Å²) in [5, 5.41) is 12.3. The van der Waals surface area contributed by atoms with Crippen molar-refractivity contribution >= 4 is 5.78 Å². The van der Waals surface area contributed by atoms with Crippen LogP contribution in [-0.4, -0.2) is 29.2 Å². The quantitative estimate of drug-likeness (QED) is 0.544. The first kappa shape index (κ1) is 15.6. The van der Waals surface area contributed by atoms with Crippen molar-refractivity contribution in [1.29, 1.82) is 0 Å². The van der Waals surface area contributed by atoms with Crippen molar-refractivity contribution in [2.75, 3.05) is 0 Å². The van der Waals surface area contributed by atoms with Crippen molar-refractivity contribution in [3.05, 3.63) is 0 Å². The highest BCUT2D eigenvalue weighted by Gasteiger charge is 2.22. The highest BCUT2D eigenvalue weighted by atomic mass is 16.3. The van der Waals surface area contributed by atoms with E-state index in [1.165, 1.54) is 0 Å². The van der Waals surface area contributed by atoms with Gasteiger partial charge in [-0.05, 0) is 26.2 Å². The standard InChI is InChI=1S/C12H26N2O2/c1-5-9(4)14-10(6-7-11(13)15)12(16)8(2)3/h8-11,14-15H,5-7,13H2,1-4H3. The Morgan fingerprint density at radius 1 is 1.31 bits per heavy atom. The van der Waals surface area contributed by atoms with Crippen LogP contribution in [0.2, 0.25) is 0 Å². The maximum absolute atomic E-state index is 11.9. The summed E-state index contributed by atoms with van der Waals surface area (Å²) in [4.78, 5) is 11.9. The zero-order valence-corrected chi connectivity index (χ0v) is 10.9. The van der Waals surface area contributed by atoms with E-state index in [1.54, 1.807) is 0 Å². The lowest BCUT2D eigenvalue weighted by Gasteiger charge is -2.23. The maximum Gasteiger partial charge on any atom is 0.152 e. The molecule has 0 fully saturated rings. The first-order valence-electron chi connectivity index (χ1n) is 6.11. The monoisotopic (exact) mass is 230 g/mol. The molecular weight excluding hydrogens is 204 g/mol. The Kier molecular flexibility index (Phi) is 7.55. The molecule has 4 N–H and O–H groups in total. The Labute approximate surface area is 98.6 Å². The van der Waals surface area contributed by atoms with Gasteiger partial charge in [0.2, 0.25) is 0 Å². The van der Waals surface area contributed by atoms with Gasteiger partial charge in [0.15, 0.2) is 5.78 Å². The molecule has 96 valence electrons. The van der Waals surface area contributed by atoms with Gasteiger partial charge in [0, 0.05) is 12.0 Å². The third-order valence-electron chi connectivity index (χ3n) is 2.76. The zero-order valence-electron chi connectivity index (χ0n) is 10.9. The topological polar surface area (TPSA) is 75.3 Å². The molecule has 0 saturated carbocycles. The van der Waals surface area contributed by atoms with Crippen molar-refractivity contribution in [2.24, 2.45) is 11.7 Å². The summed E-state index contributed by atoms with van der Waals surface area (Å²) in [6.45, 7) is 7.92. The Morgan fingerprint density at radius 2 is 1.88 bits per heavy atom. The Bertz CT molecular complexity index is 205. The fourth-order valence-electron chi connectivity index (χ4n) is 1.51. The van der Waals surface area contributed by atoms with Crippen LogP contribution in [0.25, 0.3) is 0 Å². The number of nitrogens with two attached hydrogens (primary N) is 1. The summed E-state index contributed by atoms with van der Waals surface area (Å²) in [6.07, 6.45) is 1.19. The van der Waals surface area contributed by atoms with Gasteiger partial charge < -0.3 is 16.2 Å². The second kappa shape index (κ2) is 7.76. The van der Waals surface area contributed by atoms with E-state index in [-0.39, 0.29) is 17.7 Å². The van der Waals surface area contributed by atoms with Crippen LogP contribution in [0.5, 0.6) is 0 Å². The molecule has 3 atom stereocenters. The van der Waals surface area contributed by atoms with Gasteiger partial charge in [-0.3, -0.25) is 4.79 Å². The van der Waals surface area contributed by atoms with Crippen molar-refractivity contribution in [3.8, 4) is 0 Å². The minimum Gasteiger partial charge on any atom is -0.379 e. The molecule has 0 radical (unpaired) electrons. The van der Waals surface area contributed by atoms with Crippen LogP contribution in [0.15, 0.2) is 0 Å². The molecule has 0 aromatic rings. The molecule has 0 aromatic heterocycles. The first-order chi connectivity index (χ1) is 7.38. The molecule has 0 saturated heterocycles. The van der Waals surface area contributed by atoms with Gasteiger partial charge in [-0.15, -0.1) is 0 Å². The third-order valence-corrected chi connectivity index (χ3v) is 2.76. The van der Waals surface area contributed by atoms with Crippen LogP contribution in [-0.2, 0) is 4.79 Å². The number of aliphatic hydroxyl groups is 1. The van der Waals surface area contributed by atoms with E-state index in [0.29, 0.717) is 18.9 Å².